The molecule has 0 amide bonds. The molecule has 0 aliphatic heterocycles. The molecule has 4 aromatic carbocycles. The molecule has 4 rings (SSSR count). The van der Waals surface area contributed by atoms with Gasteiger partial charge in [0, 0.05) is 12.1 Å². The average molecular weight is 575 g/mol. The fraction of sp³-hybridized carbons (Fsp3) is 0.265. The topological polar surface area (TPSA) is 88.1 Å². The number of para-hydroxylation sites is 1. The van der Waals surface area contributed by atoms with E-state index in [1.807, 2.05) is 65.8 Å². The van der Waals surface area contributed by atoms with E-state index in [1.54, 1.807) is 0 Å². The number of carboxylic acids is 1. The first-order valence-corrected chi connectivity index (χ1v) is 14.8. The predicted octanol–water partition coefficient (Wildman–Crippen LogP) is 7.60. The Balaban J connectivity index is 0.000000389. The first-order valence-electron chi connectivity index (χ1n) is 13.6. The monoisotopic (exact) mass is 574 g/mol. The number of hydrogen-bond acceptors (Lipinski definition) is 5. The van der Waals surface area contributed by atoms with Crippen molar-refractivity contribution in [2.75, 3.05) is 0 Å². The van der Waals surface area contributed by atoms with Crippen molar-refractivity contribution in [2.45, 2.75) is 74.5 Å². The lowest BCUT2D eigenvalue weighted by molar-refractivity contribution is -0.268. The van der Waals surface area contributed by atoms with Gasteiger partial charge in [-0.3, -0.25) is 0 Å². The second kappa shape index (κ2) is 15.1. The number of rotatable bonds is 10. The van der Waals surface area contributed by atoms with E-state index in [-0.39, 0.29) is 23.9 Å². The third-order valence-electron chi connectivity index (χ3n) is 5.37. The second-order valence-electron chi connectivity index (χ2n) is 9.98. The zero-order chi connectivity index (χ0) is 29.9. The summed E-state index contributed by atoms with van der Waals surface area (Å²) in [7, 11) is -0.397. The molecule has 0 spiro atoms. The third kappa shape index (κ3) is 9.22. The molecular weight excluding hydrogens is 536 g/mol. The Morgan fingerprint density at radius 1 is 0.659 bits per heavy atom. The molecule has 0 aromatic heterocycles. The molecule has 0 heterocycles. The van der Waals surface area contributed by atoms with Crippen LogP contribution in [0.2, 0.25) is 0 Å². The van der Waals surface area contributed by atoms with Crippen molar-refractivity contribution in [3.63, 3.8) is 0 Å². The number of hydrogen-bond donors (Lipinski definition) is 1. The van der Waals surface area contributed by atoms with Crippen LogP contribution in [-0.2, 0) is 10.9 Å². The molecule has 0 aliphatic rings. The van der Waals surface area contributed by atoms with Gasteiger partial charge in [-0.05, 0) is 71.9 Å². The van der Waals surface area contributed by atoms with Crippen LogP contribution in [0.5, 0.6) is 23.0 Å². The van der Waals surface area contributed by atoms with Crippen LogP contribution >= 0.6 is 0 Å². The Morgan fingerprint density at radius 2 is 1.07 bits per heavy atom. The van der Waals surface area contributed by atoms with E-state index in [1.165, 1.54) is 34.1 Å². The molecular formula is C34H38O6S. The first-order chi connectivity index (χ1) is 19.6. The molecule has 0 bridgehead atoms. The van der Waals surface area contributed by atoms with Crippen LogP contribution in [0, 0.1) is 0 Å². The number of benzene rings is 4. The van der Waals surface area contributed by atoms with E-state index < -0.39 is 22.6 Å². The Hall–Kier alpha value is -4.10. The van der Waals surface area contributed by atoms with Gasteiger partial charge in [-0.15, -0.1) is 0 Å². The summed E-state index contributed by atoms with van der Waals surface area (Å²) >= 11 is 0. The second-order valence-corrected chi connectivity index (χ2v) is 11.9. The fourth-order valence-electron chi connectivity index (χ4n) is 3.91. The summed E-state index contributed by atoms with van der Waals surface area (Å²) in [5.74, 6) is 0.745. The van der Waals surface area contributed by atoms with E-state index in [4.69, 9.17) is 19.3 Å². The Labute approximate surface area is 245 Å². The van der Waals surface area contributed by atoms with E-state index in [9.17, 15) is 9.90 Å². The largest absolute Gasteiger partial charge is 0.872 e. The molecule has 0 unspecified atom stereocenters. The van der Waals surface area contributed by atoms with Crippen LogP contribution in [0.4, 0.5) is 0 Å². The van der Waals surface area contributed by atoms with Crippen molar-refractivity contribution >= 4 is 16.9 Å². The molecule has 1 N–H and O–H groups in total. The van der Waals surface area contributed by atoms with Crippen molar-refractivity contribution in [3.05, 3.63) is 103 Å². The van der Waals surface area contributed by atoms with Gasteiger partial charge in [-0.25, -0.2) is 4.79 Å². The minimum Gasteiger partial charge on any atom is -0.872 e. The zero-order valence-electron chi connectivity index (χ0n) is 24.4. The van der Waals surface area contributed by atoms with Crippen LogP contribution in [-0.4, -0.2) is 29.4 Å². The van der Waals surface area contributed by atoms with Gasteiger partial charge in [0.2, 0.25) is 4.90 Å². The molecule has 0 saturated heterocycles. The van der Waals surface area contributed by atoms with Gasteiger partial charge in [0.1, 0.15) is 16.6 Å². The van der Waals surface area contributed by atoms with Gasteiger partial charge >= 0.3 is 5.97 Å². The lowest BCUT2D eigenvalue weighted by atomic mass is 10.2. The summed E-state index contributed by atoms with van der Waals surface area (Å²) in [6, 6.07) is 30.7. The van der Waals surface area contributed by atoms with Crippen LogP contribution in [0.3, 0.4) is 0 Å². The van der Waals surface area contributed by atoms with E-state index >= 15 is 0 Å². The number of aromatic carboxylic acids is 1. The highest BCUT2D eigenvalue weighted by molar-refractivity contribution is 7.97. The Bertz CT molecular complexity index is 1320. The number of ether oxygens (including phenoxy) is 3. The highest BCUT2D eigenvalue weighted by atomic mass is 32.2. The molecule has 0 saturated carbocycles. The SMILES string of the molecule is CC(C)Oc1cc(OC(C)C)c([S+](c2ccccc2)c2ccccc2)c(OC(C)C)c1.O=C(O)c1ccccc1[O-]. The normalized spacial score (nSPS) is 10.9. The van der Waals surface area contributed by atoms with Gasteiger partial charge in [0.25, 0.3) is 0 Å². The molecule has 7 heteroatoms. The summed E-state index contributed by atoms with van der Waals surface area (Å²) in [5.41, 5.74) is -0.178. The smallest absolute Gasteiger partial charge is 0.335 e. The Morgan fingerprint density at radius 3 is 1.44 bits per heavy atom. The summed E-state index contributed by atoms with van der Waals surface area (Å²) in [6.07, 6.45) is 0.111. The lowest BCUT2D eigenvalue weighted by Crippen LogP contribution is -2.16. The van der Waals surface area contributed by atoms with Crippen molar-refractivity contribution in [3.8, 4) is 23.0 Å². The van der Waals surface area contributed by atoms with E-state index in [0.717, 1.165) is 22.1 Å². The van der Waals surface area contributed by atoms with Crippen molar-refractivity contribution in [1.29, 1.82) is 0 Å². The molecule has 6 nitrogen and oxygen atoms in total. The minimum absolute atomic E-state index is 0.0250. The van der Waals surface area contributed by atoms with Gasteiger partial charge in [0.15, 0.2) is 21.3 Å². The summed E-state index contributed by atoms with van der Waals surface area (Å²) in [4.78, 5) is 13.7. The molecule has 4 aromatic rings. The minimum atomic E-state index is -1.18. The molecule has 41 heavy (non-hydrogen) atoms. The lowest BCUT2D eigenvalue weighted by Gasteiger charge is -2.21. The predicted molar refractivity (Wildman–Crippen MR) is 162 cm³/mol. The molecule has 0 fully saturated rings. The van der Waals surface area contributed by atoms with Crippen molar-refractivity contribution < 1.29 is 29.2 Å². The van der Waals surface area contributed by atoms with Crippen LogP contribution in [0.1, 0.15) is 51.9 Å². The van der Waals surface area contributed by atoms with Crippen LogP contribution in [0.15, 0.2) is 112 Å². The molecule has 0 aliphatic carbocycles. The molecule has 0 atom stereocenters. The van der Waals surface area contributed by atoms with Gasteiger partial charge in [-0.2, -0.15) is 0 Å². The number of carboxylic acid groups (broad SMARTS) is 1. The standard InChI is InChI=1S/C27H33O3S.C7H6O3/c1-19(2)28-22-17-25(29-20(3)4)27(26(18-22)30-21(5)6)31(23-13-9-7-10-14-23)24-15-11-8-12-16-24;8-6-4-2-1-3-5(6)7(9)10/h7-21H,1-6H3;1-4,8H,(H,9,10)/q+1;/p-1. The van der Waals surface area contributed by atoms with E-state index in [2.05, 4.69) is 48.5 Å². The zero-order valence-corrected chi connectivity index (χ0v) is 25.2. The van der Waals surface area contributed by atoms with Crippen molar-refractivity contribution in [1.82, 2.24) is 0 Å². The fourth-order valence-corrected chi connectivity index (χ4v) is 6.12. The summed E-state index contributed by atoms with van der Waals surface area (Å²) in [6.45, 7) is 12.2. The average Bonchev–Trinajstić information content (AvgIpc) is 2.91. The maximum atomic E-state index is 10.7. The quantitative estimate of drug-likeness (QED) is 0.196. The number of carbonyl (C=O) groups is 1. The van der Waals surface area contributed by atoms with Crippen molar-refractivity contribution in [2.24, 2.45) is 0 Å². The molecule has 0 radical (unpaired) electrons. The maximum Gasteiger partial charge on any atom is 0.335 e. The van der Waals surface area contributed by atoms with Crippen LogP contribution < -0.4 is 19.3 Å². The van der Waals surface area contributed by atoms with Gasteiger partial charge in [0.05, 0.1) is 23.9 Å². The highest BCUT2D eigenvalue weighted by Crippen LogP contribution is 2.45. The van der Waals surface area contributed by atoms with Crippen LogP contribution in [0.25, 0.3) is 0 Å². The molecule has 216 valence electrons. The third-order valence-corrected chi connectivity index (χ3v) is 7.67. The summed E-state index contributed by atoms with van der Waals surface area (Å²) in [5, 5.41) is 19.0. The van der Waals surface area contributed by atoms with E-state index in [0.29, 0.717) is 0 Å². The Kier molecular flexibility index (Phi) is 11.5. The first kappa shape index (κ1) is 31.4. The highest BCUT2D eigenvalue weighted by Gasteiger charge is 2.37. The maximum absolute atomic E-state index is 10.7. The van der Waals surface area contributed by atoms with Gasteiger partial charge in [-0.1, -0.05) is 60.3 Å². The summed E-state index contributed by atoms with van der Waals surface area (Å²) < 4.78 is 18.8. The van der Waals surface area contributed by atoms with Gasteiger partial charge < -0.3 is 24.4 Å².